The molecule has 0 heterocycles. The molecule has 0 saturated carbocycles. The highest BCUT2D eigenvalue weighted by atomic mass is 16.2. The molecule has 2 nitrogen and oxygen atoms in total. The van der Waals surface area contributed by atoms with Crippen molar-refractivity contribution in [1.29, 1.82) is 0 Å². The van der Waals surface area contributed by atoms with E-state index in [-0.39, 0.29) is 5.91 Å². The van der Waals surface area contributed by atoms with Gasteiger partial charge in [-0.1, -0.05) is 59.0 Å². The summed E-state index contributed by atoms with van der Waals surface area (Å²) in [4.78, 5) is 13.5. The first-order valence-electron chi connectivity index (χ1n) is 7.08. The van der Waals surface area contributed by atoms with Crippen LogP contribution in [-0.4, -0.2) is 23.9 Å². The van der Waals surface area contributed by atoms with Crippen molar-refractivity contribution in [2.75, 3.05) is 13.1 Å². The highest BCUT2D eigenvalue weighted by Gasteiger charge is 2.09. The lowest BCUT2D eigenvalue weighted by atomic mass is 10.1. The summed E-state index contributed by atoms with van der Waals surface area (Å²) in [5.41, 5.74) is 0. The van der Waals surface area contributed by atoms with Gasteiger partial charge in [-0.15, -0.1) is 0 Å². The molecular weight excluding hydrogens is 210 g/mol. The quantitative estimate of drug-likeness (QED) is 0.394. The molecule has 0 aliphatic carbocycles. The molecule has 0 bridgehead atoms. The minimum absolute atomic E-state index is 0.0296. The van der Waals surface area contributed by atoms with Crippen LogP contribution in [0.15, 0.2) is 6.58 Å². The molecule has 1 radical (unpaired) electrons. The van der Waals surface area contributed by atoms with Crippen molar-refractivity contribution in [2.45, 2.75) is 65.2 Å². The predicted molar refractivity (Wildman–Crippen MR) is 73.7 cm³/mol. The molecule has 0 N–H and O–H groups in total. The number of hydrogen-bond donors (Lipinski definition) is 0. The van der Waals surface area contributed by atoms with Gasteiger partial charge in [0.25, 0.3) is 5.91 Å². The van der Waals surface area contributed by atoms with Crippen molar-refractivity contribution >= 4 is 5.91 Å². The third kappa shape index (κ3) is 8.96. The molecule has 0 saturated heterocycles. The van der Waals surface area contributed by atoms with E-state index in [1.165, 1.54) is 38.5 Å². The highest BCUT2D eigenvalue weighted by Crippen LogP contribution is 2.05. The topological polar surface area (TPSA) is 20.3 Å². The third-order valence-electron chi connectivity index (χ3n) is 3.00. The minimum atomic E-state index is -0.0296. The molecule has 0 atom stereocenters. The predicted octanol–water partition coefficient (Wildman–Crippen LogP) is 3.96. The van der Waals surface area contributed by atoms with Crippen molar-refractivity contribution in [1.82, 2.24) is 4.90 Å². The van der Waals surface area contributed by atoms with Crippen LogP contribution in [0.2, 0.25) is 0 Å². The van der Waals surface area contributed by atoms with E-state index < -0.39 is 0 Å². The first-order chi connectivity index (χ1) is 8.26. The van der Waals surface area contributed by atoms with E-state index in [4.69, 9.17) is 0 Å². The molecule has 0 aliphatic rings. The summed E-state index contributed by atoms with van der Waals surface area (Å²) >= 11 is 0. The van der Waals surface area contributed by atoms with Crippen LogP contribution >= 0.6 is 0 Å². The van der Waals surface area contributed by atoms with Crippen LogP contribution in [0.3, 0.4) is 0 Å². The van der Waals surface area contributed by atoms with E-state index in [9.17, 15) is 4.79 Å². The van der Waals surface area contributed by atoms with Gasteiger partial charge in [0.1, 0.15) is 0 Å². The van der Waals surface area contributed by atoms with Crippen molar-refractivity contribution < 1.29 is 4.79 Å². The molecule has 99 valence electrons. The van der Waals surface area contributed by atoms with E-state index in [2.05, 4.69) is 26.5 Å². The number of hydrogen-bond acceptors (Lipinski definition) is 1. The number of unbranched alkanes of at least 4 members (excludes halogenated alkanes) is 6. The van der Waals surface area contributed by atoms with Gasteiger partial charge < -0.3 is 4.90 Å². The Morgan fingerprint density at radius 1 is 0.941 bits per heavy atom. The van der Waals surface area contributed by atoms with E-state index in [1.54, 1.807) is 0 Å². The normalized spacial score (nSPS) is 10.2. The van der Waals surface area contributed by atoms with Crippen LogP contribution in [-0.2, 0) is 4.79 Å². The summed E-state index contributed by atoms with van der Waals surface area (Å²) in [5.74, 6) is -0.0296. The Morgan fingerprint density at radius 3 is 1.76 bits per heavy atom. The summed E-state index contributed by atoms with van der Waals surface area (Å²) < 4.78 is 0. The summed E-state index contributed by atoms with van der Waals surface area (Å²) in [5, 5.41) is 0. The molecule has 0 aliphatic heterocycles. The van der Waals surface area contributed by atoms with Gasteiger partial charge in [-0.05, 0) is 12.8 Å². The maximum Gasteiger partial charge on any atom is 0.254 e. The van der Waals surface area contributed by atoms with Gasteiger partial charge in [-0.25, -0.2) is 0 Å². The fraction of sp³-hybridized carbons (Fsp3) is 0.800. The largest absolute Gasteiger partial charge is 0.339 e. The van der Waals surface area contributed by atoms with E-state index in [1.807, 2.05) is 4.90 Å². The first kappa shape index (κ1) is 16.2. The molecule has 17 heavy (non-hydrogen) atoms. The number of rotatable bonds is 11. The lowest BCUT2D eigenvalue weighted by Gasteiger charge is -2.20. The molecule has 0 aromatic carbocycles. The summed E-state index contributed by atoms with van der Waals surface area (Å²) in [6.45, 7) is 9.59. The van der Waals surface area contributed by atoms with E-state index >= 15 is 0 Å². The third-order valence-corrected chi connectivity index (χ3v) is 3.00. The summed E-state index contributed by atoms with van der Waals surface area (Å²) in [7, 11) is 0. The smallest absolute Gasteiger partial charge is 0.254 e. The summed E-state index contributed by atoms with van der Waals surface area (Å²) in [6.07, 6.45) is 12.1. The Morgan fingerprint density at radius 2 is 1.41 bits per heavy atom. The van der Waals surface area contributed by atoms with Crippen LogP contribution in [0.4, 0.5) is 0 Å². The lowest BCUT2D eigenvalue weighted by Crippen LogP contribution is -2.31. The van der Waals surface area contributed by atoms with Crippen molar-refractivity contribution in [3.05, 3.63) is 12.7 Å². The fourth-order valence-electron chi connectivity index (χ4n) is 1.89. The van der Waals surface area contributed by atoms with Crippen LogP contribution in [0, 0.1) is 6.08 Å². The van der Waals surface area contributed by atoms with Gasteiger partial charge in [-0.3, -0.25) is 4.79 Å². The SMILES string of the molecule is C=[C]C(=O)N(CCCCCC)CCCCCC. The van der Waals surface area contributed by atoms with E-state index in [0.29, 0.717) is 0 Å². The highest BCUT2D eigenvalue weighted by molar-refractivity contribution is 5.82. The van der Waals surface area contributed by atoms with Gasteiger partial charge in [0, 0.05) is 19.2 Å². The molecule has 0 fully saturated rings. The van der Waals surface area contributed by atoms with Crippen LogP contribution in [0.5, 0.6) is 0 Å². The second-order valence-corrected chi connectivity index (χ2v) is 4.59. The van der Waals surface area contributed by atoms with Crippen molar-refractivity contribution in [2.24, 2.45) is 0 Å². The Hall–Kier alpha value is -0.790. The minimum Gasteiger partial charge on any atom is -0.339 e. The molecular formula is C15H28NO. The summed E-state index contributed by atoms with van der Waals surface area (Å²) in [6, 6.07) is 0. The molecule has 0 unspecified atom stereocenters. The molecule has 2 heteroatoms. The molecule has 0 aromatic heterocycles. The molecule has 0 rings (SSSR count). The number of carbonyl (C=O) groups excluding carboxylic acids is 1. The van der Waals surface area contributed by atoms with Gasteiger partial charge in [0.15, 0.2) is 0 Å². The average Bonchev–Trinajstić information content (AvgIpc) is 2.36. The van der Waals surface area contributed by atoms with E-state index in [0.717, 1.165) is 25.9 Å². The second kappa shape index (κ2) is 11.7. The molecule has 0 aromatic rings. The van der Waals surface area contributed by atoms with Gasteiger partial charge in [0.2, 0.25) is 0 Å². The number of carbonyl (C=O) groups is 1. The zero-order chi connectivity index (χ0) is 12.9. The number of amides is 1. The molecule has 0 spiro atoms. The fourth-order valence-corrected chi connectivity index (χ4v) is 1.89. The van der Waals surface area contributed by atoms with Crippen LogP contribution < -0.4 is 0 Å². The maximum atomic E-state index is 11.6. The zero-order valence-corrected chi connectivity index (χ0v) is 11.6. The number of nitrogens with zero attached hydrogens (tertiary/aromatic N) is 1. The Kier molecular flexibility index (Phi) is 11.1. The van der Waals surface area contributed by atoms with Gasteiger partial charge in [-0.2, -0.15) is 0 Å². The molecule has 1 amide bonds. The Labute approximate surface area is 107 Å². The van der Waals surface area contributed by atoms with Crippen LogP contribution in [0.25, 0.3) is 0 Å². The standard InChI is InChI=1S/C15H28NO/c1-4-7-9-11-13-16(15(17)6-3)14-12-10-8-5-2/h3-5,7-14H2,1-2H3. The average molecular weight is 238 g/mol. The monoisotopic (exact) mass is 238 g/mol. The zero-order valence-electron chi connectivity index (χ0n) is 11.6. The second-order valence-electron chi connectivity index (χ2n) is 4.59. The maximum absolute atomic E-state index is 11.6. The van der Waals surface area contributed by atoms with Crippen molar-refractivity contribution in [3.63, 3.8) is 0 Å². The van der Waals surface area contributed by atoms with Gasteiger partial charge >= 0.3 is 0 Å². The van der Waals surface area contributed by atoms with Gasteiger partial charge in [0.05, 0.1) is 0 Å². The lowest BCUT2D eigenvalue weighted by molar-refractivity contribution is -0.126. The van der Waals surface area contributed by atoms with Crippen molar-refractivity contribution in [3.8, 4) is 0 Å². The van der Waals surface area contributed by atoms with Crippen LogP contribution in [0.1, 0.15) is 65.2 Å². The Balaban J connectivity index is 3.80. The Bertz CT molecular complexity index is 189. The first-order valence-corrected chi connectivity index (χ1v) is 7.08.